The summed E-state index contributed by atoms with van der Waals surface area (Å²) in [5.74, 6) is 1.59. The standard InChI is InChI=1S/C14H24ClNOSi/c1-16-12-10(8-9-15)6-5-7-11(12)13(14(16)17)18(2,3)4/h10,12H,5-9H2,1-4H3. The first-order valence-corrected chi connectivity index (χ1v) is 11.0. The van der Waals surface area contributed by atoms with E-state index in [2.05, 4.69) is 19.6 Å². The molecule has 0 N–H and O–H groups in total. The van der Waals surface area contributed by atoms with Crippen molar-refractivity contribution >= 4 is 25.6 Å². The third kappa shape index (κ3) is 2.27. The van der Waals surface area contributed by atoms with Crippen LogP contribution in [0.3, 0.4) is 0 Å². The van der Waals surface area contributed by atoms with Crippen LogP contribution in [0, 0.1) is 5.92 Å². The molecule has 1 aliphatic carbocycles. The fraction of sp³-hybridized carbons (Fsp3) is 0.786. The van der Waals surface area contributed by atoms with Gasteiger partial charge in [0.1, 0.15) is 0 Å². The highest BCUT2D eigenvalue weighted by Gasteiger charge is 2.45. The number of hydrogen-bond acceptors (Lipinski definition) is 1. The largest absolute Gasteiger partial charge is 0.335 e. The van der Waals surface area contributed by atoms with Crippen LogP contribution in [0.5, 0.6) is 0 Å². The number of carbonyl (C=O) groups excluding carboxylic acids is 1. The number of rotatable bonds is 3. The van der Waals surface area contributed by atoms with E-state index in [1.54, 1.807) is 0 Å². The Kier molecular flexibility index (Phi) is 3.93. The Morgan fingerprint density at radius 2 is 2.06 bits per heavy atom. The van der Waals surface area contributed by atoms with Gasteiger partial charge in [-0.2, -0.15) is 0 Å². The monoisotopic (exact) mass is 285 g/mol. The second-order valence-corrected chi connectivity index (χ2v) is 12.0. The van der Waals surface area contributed by atoms with Gasteiger partial charge in [0, 0.05) is 18.1 Å². The normalized spacial score (nSPS) is 28.9. The summed E-state index contributed by atoms with van der Waals surface area (Å²) in [7, 11) is 0.444. The van der Waals surface area contributed by atoms with Crippen LogP contribution in [0.2, 0.25) is 19.6 Å². The van der Waals surface area contributed by atoms with Crippen molar-refractivity contribution in [2.24, 2.45) is 5.92 Å². The number of likely N-dealkylation sites (N-methyl/N-ethyl adjacent to an activating group) is 1. The lowest BCUT2D eigenvalue weighted by Crippen LogP contribution is -2.40. The third-order valence-corrected chi connectivity index (χ3v) is 6.58. The van der Waals surface area contributed by atoms with Gasteiger partial charge in [0.15, 0.2) is 0 Å². The topological polar surface area (TPSA) is 20.3 Å². The van der Waals surface area contributed by atoms with E-state index in [1.165, 1.54) is 23.6 Å². The first kappa shape index (κ1) is 14.1. The number of nitrogens with zero attached hydrogens (tertiary/aromatic N) is 1. The summed E-state index contributed by atoms with van der Waals surface area (Å²) in [6.07, 6.45) is 4.60. The molecule has 4 heteroatoms. The van der Waals surface area contributed by atoms with Gasteiger partial charge in [-0.1, -0.05) is 19.6 Å². The Bertz CT molecular complexity index is 384. The van der Waals surface area contributed by atoms with Gasteiger partial charge < -0.3 is 4.90 Å². The summed E-state index contributed by atoms with van der Waals surface area (Å²) in [6.45, 7) is 6.86. The maximum Gasteiger partial charge on any atom is 0.246 e. The summed E-state index contributed by atoms with van der Waals surface area (Å²) in [5, 5.41) is 1.20. The summed E-state index contributed by atoms with van der Waals surface area (Å²) >= 11 is 5.92. The Labute approximate surface area is 116 Å². The van der Waals surface area contributed by atoms with E-state index in [0.29, 0.717) is 23.7 Å². The second kappa shape index (κ2) is 5.01. The van der Waals surface area contributed by atoms with Gasteiger partial charge in [-0.25, -0.2) is 0 Å². The third-order valence-electron chi connectivity index (χ3n) is 4.33. The molecule has 0 saturated heterocycles. The van der Waals surface area contributed by atoms with Crippen LogP contribution in [0.1, 0.15) is 25.7 Å². The van der Waals surface area contributed by atoms with Crippen LogP contribution < -0.4 is 0 Å². The van der Waals surface area contributed by atoms with Gasteiger partial charge >= 0.3 is 0 Å². The molecule has 0 spiro atoms. The van der Waals surface area contributed by atoms with Gasteiger partial charge in [-0.3, -0.25) is 4.79 Å². The molecule has 0 radical (unpaired) electrons. The van der Waals surface area contributed by atoms with E-state index in [4.69, 9.17) is 11.6 Å². The van der Waals surface area contributed by atoms with Gasteiger partial charge in [-0.15, -0.1) is 11.6 Å². The minimum Gasteiger partial charge on any atom is -0.335 e. The van der Waals surface area contributed by atoms with Crippen LogP contribution >= 0.6 is 11.6 Å². The molecule has 0 aromatic rings. The number of alkyl halides is 1. The van der Waals surface area contributed by atoms with E-state index in [0.717, 1.165) is 12.8 Å². The number of halogens is 1. The van der Waals surface area contributed by atoms with Gasteiger partial charge in [0.05, 0.1) is 14.1 Å². The van der Waals surface area contributed by atoms with Gasteiger partial charge in [0.25, 0.3) is 0 Å². The van der Waals surface area contributed by atoms with Crippen LogP contribution in [0.15, 0.2) is 10.8 Å². The summed E-state index contributed by atoms with van der Waals surface area (Å²) in [6, 6.07) is 0.353. The molecule has 1 heterocycles. The molecule has 2 unspecified atom stereocenters. The highest BCUT2D eigenvalue weighted by atomic mass is 35.5. The summed E-state index contributed by atoms with van der Waals surface area (Å²) < 4.78 is 0. The van der Waals surface area contributed by atoms with E-state index in [9.17, 15) is 4.79 Å². The minimum atomic E-state index is -1.53. The average molecular weight is 286 g/mol. The Morgan fingerprint density at radius 1 is 1.39 bits per heavy atom. The lowest BCUT2D eigenvalue weighted by molar-refractivity contribution is -0.126. The zero-order chi connectivity index (χ0) is 13.5. The Hall–Kier alpha value is -0.283. The molecule has 0 aromatic heterocycles. The molecule has 1 aliphatic heterocycles. The molecular weight excluding hydrogens is 262 g/mol. The predicted octanol–water partition coefficient (Wildman–Crippen LogP) is 3.43. The van der Waals surface area contributed by atoms with Gasteiger partial charge in [0.2, 0.25) is 5.91 Å². The van der Waals surface area contributed by atoms with Crippen molar-refractivity contribution in [1.29, 1.82) is 0 Å². The average Bonchev–Trinajstić information content (AvgIpc) is 2.52. The summed E-state index contributed by atoms with van der Waals surface area (Å²) in [4.78, 5) is 14.5. The van der Waals surface area contributed by atoms with Crippen molar-refractivity contribution in [3.8, 4) is 0 Å². The molecule has 2 rings (SSSR count). The van der Waals surface area contributed by atoms with Crippen molar-refractivity contribution in [3.05, 3.63) is 10.8 Å². The second-order valence-electron chi connectivity index (χ2n) is 6.64. The Balaban J connectivity index is 2.40. The quantitative estimate of drug-likeness (QED) is 0.575. The maximum absolute atomic E-state index is 12.5. The SMILES string of the molecule is CN1C(=O)C([Si](C)(C)C)=C2CCCC(CCCl)C21. The lowest BCUT2D eigenvalue weighted by atomic mass is 9.80. The molecule has 0 aromatic carbocycles. The first-order chi connectivity index (χ1) is 8.38. The number of hydrogen-bond donors (Lipinski definition) is 0. The molecule has 2 nitrogen and oxygen atoms in total. The molecular formula is C14H24ClNOSi. The molecule has 2 atom stereocenters. The van der Waals surface area contributed by atoms with Crippen molar-refractivity contribution in [2.45, 2.75) is 51.4 Å². The number of fused-ring (bicyclic) bond motifs is 1. The summed E-state index contributed by atoms with van der Waals surface area (Å²) in [5.41, 5.74) is 1.46. The van der Waals surface area contributed by atoms with Gasteiger partial charge in [-0.05, 0) is 37.2 Å². The highest BCUT2D eigenvalue weighted by molar-refractivity contribution is 6.87. The highest BCUT2D eigenvalue weighted by Crippen LogP contribution is 2.43. The fourth-order valence-corrected chi connectivity index (χ4v) is 5.99. The smallest absolute Gasteiger partial charge is 0.246 e. The van der Waals surface area contributed by atoms with Crippen molar-refractivity contribution in [3.63, 3.8) is 0 Å². The number of carbonyl (C=O) groups is 1. The zero-order valence-electron chi connectivity index (χ0n) is 11.9. The predicted molar refractivity (Wildman–Crippen MR) is 79.6 cm³/mol. The molecule has 102 valence electrons. The van der Waals surface area contributed by atoms with E-state index >= 15 is 0 Å². The molecule has 0 bridgehead atoms. The molecule has 18 heavy (non-hydrogen) atoms. The van der Waals surface area contributed by atoms with E-state index < -0.39 is 8.07 Å². The lowest BCUT2D eigenvalue weighted by Gasteiger charge is -2.35. The molecule has 1 saturated carbocycles. The van der Waals surface area contributed by atoms with Crippen LogP contribution in [-0.4, -0.2) is 37.9 Å². The molecule has 1 fully saturated rings. The zero-order valence-corrected chi connectivity index (χ0v) is 13.7. The van der Waals surface area contributed by atoms with Crippen molar-refractivity contribution < 1.29 is 4.79 Å². The van der Waals surface area contributed by atoms with Crippen molar-refractivity contribution in [2.75, 3.05) is 12.9 Å². The first-order valence-electron chi connectivity index (χ1n) is 6.94. The Morgan fingerprint density at radius 3 is 2.61 bits per heavy atom. The van der Waals surface area contributed by atoms with E-state index in [1.807, 2.05) is 11.9 Å². The van der Waals surface area contributed by atoms with E-state index in [-0.39, 0.29) is 0 Å². The van der Waals surface area contributed by atoms with Crippen LogP contribution in [-0.2, 0) is 4.79 Å². The fourth-order valence-electron chi connectivity index (χ4n) is 3.65. The maximum atomic E-state index is 12.5. The van der Waals surface area contributed by atoms with Crippen LogP contribution in [0.4, 0.5) is 0 Å². The molecule has 2 aliphatic rings. The van der Waals surface area contributed by atoms with Crippen molar-refractivity contribution in [1.82, 2.24) is 4.90 Å². The number of amides is 1. The molecule has 1 amide bonds. The van der Waals surface area contributed by atoms with Crippen LogP contribution in [0.25, 0.3) is 0 Å². The minimum absolute atomic E-state index is 0.302.